The van der Waals surface area contributed by atoms with Crippen molar-refractivity contribution < 1.29 is 28.6 Å². The highest BCUT2D eigenvalue weighted by Crippen LogP contribution is 2.14. The van der Waals surface area contributed by atoms with Crippen LogP contribution in [0.3, 0.4) is 0 Å². The summed E-state index contributed by atoms with van der Waals surface area (Å²) in [6.45, 7) is 6.45. The average molecular weight is 1040 g/mol. The molecular formula is C69H114O6. The zero-order valence-electron chi connectivity index (χ0n) is 48.8. The van der Waals surface area contributed by atoms with Gasteiger partial charge in [0.1, 0.15) is 13.2 Å². The van der Waals surface area contributed by atoms with Gasteiger partial charge in [-0.1, -0.05) is 251 Å². The fourth-order valence-electron chi connectivity index (χ4n) is 8.26. The van der Waals surface area contributed by atoms with Crippen molar-refractivity contribution in [2.24, 2.45) is 0 Å². The highest BCUT2D eigenvalue weighted by atomic mass is 16.6. The van der Waals surface area contributed by atoms with E-state index in [1.54, 1.807) is 0 Å². The van der Waals surface area contributed by atoms with Gasteiger partial charge in [0.05, 0.1) is 0 Å². The Kier molecular flexibility index (Phi) is 58.9. The van der Waals surface area contributed by atoms with Gasteiger partial charge in [0.2, 0.25) is 0 Å². The predicted octanol–water partition coefficient (Wildman–Crippen LogP) is 21.2. The second-order valence-corrected chi connectivity index (χ2v) is 20.2. The van der Waals surface area contributed by atoms with Crippen LogP contribution in [-0.4, -0.2) is 37.2 Å². The Morgan fingerprint density at radius 1 is 0.280 bits per heavy atom. The van der Waals surface area contributed by atoms with Crippen LogP contribution in [0.1, 0.15) is 278 Å². The maximum absolute atomic E-state index is 12.9. The zero-order chi connectivity index (χ0) is 54.3. The highest BCUT2D eigenvalue weighted by molar-refractivity contribution is 5.71. The summed E-state index contributed by atoms with van der Waals surface area (Å²) in [5.74, 6) is -0.925. The standard InChI is InChI=1S/C69H114O6/c1-4-7-10-13-16-19-22-25-28-29-30-31-32-33-34-35-36-37-38-39-40-41-42-45-47-50-53-56-59-62-68(71)74-65-66(75-69(72)63-60-57-54-51-48-44-27-24-21-18-15-12-9-6-3)64-73-67(70)61-58-55-52-49-46-43-26-23-20-17-14-11-8-5-2/h7,10,15-16,18-19,23-28,30-31,33-34,36-37,39-40,66H,4-6,8-9,11-14,17,20-22,29,32,35,38,41-65H2,1-3H3/b10-7-,18-15-,19-16-,26-23-,27-24-,28-25-,31-30-,34-33-,37-36-,40-39-. The molecule has 0 aromatic heterocycles. The molecule has 0 amide bonds. The molecule has 0 saturated carbocycles. The quantitative estimate of drug-likeness (QED) is 0.0261. The fraction of sp³-hybridized carbons (Fsp3) is 0.667. The second kappa shape index (κ2) is 62.4. The Balaban J connectivity index is 4.34. The molecule has 0 radical (unpaired) electrons. The number of ether oxygens (including phenoxy) is 3. The van der Waals surface area contributed by atoms with Crippen LogP contribution in [0.15, 0.2) is 122 Å². The first-order chi connectivity index (χ1) is 37.0. The molecule has 1 unspecified atom stereocenters. The summed E-state index contributed by atoms with van der Waals surface area (Å²) in [5, 5.41) is 0. The Labute approximate surface area is 462 Å². The fourth-order valence-corrected chi connectivity index (χ4v) is 8.26. The van der Waals surface area contributed by atoms with Crippen LogP contribution < -0.4 is 0 Å². The van der Waals surface area contributed by atoms with Crippen molar-refractivity contribution >= 4 is 17.9 Å². The first kappa shape index (κ1) is 70.8. The molecule has 6 nitrogen and oxygen atoms in total. The Morgan fingerprint density at radius 3 is 0.867 bits per heavy atom. The van der Waals surface area contributed by atoms with Crippen molar-refractivity contribution in [3.8, 4) is 0 Å². The van der Waals surface area contributed by atoms with Crippen LogP contribution in [0.25, 0.3) is 0 Å². The number of carbonyl (C=O) groups is 3. The lowest BCUT2D eigenvalue weighted by atomic mass is 10.1. The van der Waals surface area contributed by atoms with Gasteiger partial charge < -0.3 is 14.2 Å². The lowest BCUT2D eigenvalue weighted by Gasteiger charge is -2.18. The average Bonchev–Trinajstić information content (AvgIpc) is 3.41. The molecule has 426 valence electrons. The molecule has 75 heavy (non-hydrogen) atoms. The van der Waals surface area contributed by atoms with Gasteiger partial charge >= 0.3 is 17.9 Å². The summed E-state index contributed by atoms with van der Waals surface area (Å²) in [6, 6.07) is 0. The summed E-state index contributed by atoms with van der Waals surface area (Å²) >= 11 is 0. The van der Waals surface area contributed by atoms with Crippen molar-refractivity contribution in [1.29, 1.82) is 0 Å². The number of unbranched alkanes of at least 4 members (excludes halogenated alkanes) is 24. The van der Waals surface area contributed by atoms with Gasteiger partial charge in [0.15, 0.2) is 6.10 Å². The van der Waals surface area contributed by atoms with Crippen LogP contribution in [0.5, 0.6) is 0 Å². The SMILES string of the molecule is CC/C=C\C/C=C\C/C=C\C/C=C\C/C=C\C/C=C\C/C=C\CCCCCCCCCC(=O)OCC(COC(=O)CCCCCCC/C=C\CCCCCCC)OC(=O)CCCCCCC/C=C\C/C=C\CCCC. The Bertz CT molecular complexity index is 1570. The van der Waals surface area contributed by atoms with E-state index in [2.05, 4.69) is 142 Å². The number of allylic oxidation sites excluding steroid dienone is 20. The summed E-state index contributed by atoms with van der Waals surface area (Å²) in [4.78, 5) is 38.2. The van der Waals surface area contributed by atoms with Crippen molar-refractivity contribution in [2.75, 3.05) is 13.2 Å². The van der Waals surface area contributed by atoms with Crippen LogP contribution in [-0.2, 0) is 28.6 Å². The van der Waals surface area contributed by atoms with Gasteiger partial charge in [-0.25, -0.2) is 0 Å². The third kappa shape index (κ3) is 60.6. The third-order valence-electron chi connectivity index (χ3n) is 12.9. The van der Waals surface area contributed by atoms with Crippen molar-refractivity contribution in [3.05, 3.63) is 122 Å². The highest BCUT2D eigenvalue weighted by Gasteiger charge is 2.19. The number of hydrogen-bond acceptors (Lipinski definition) is 6. The largest absolute Gasteiger partial charge is 0.462 e. The smallest absolute Gasteiger partial charge is 0.306 e. The molecule has 0 aromatic rings. The molecule has 0 N–H and O–H groups in total. The van der Waals surface area contributed by atoms with Crippen LogP contribution in [0.2, 0.25) is 0 Å². The molecule has 0 fully saturated rings. The van der Waals surface area contributed by atoms with Gasteiger partial charge in [-0.15, -0.1) is 0 Å². The first-order valence-corrected chi connectivity index (χ1v) is 31.0. The summed E-state index contributed by atoms with van der Waals surface area (Å²) < 4.78 is 16.9. The normalized spacial score (nSPS) is 12.9. The van der Waals surface area contributed by atoms with E-state index in [1.807, 2.05) is 0 Å². The van der Waals surface area contributed by atoms with E-state index in [1.165, 1.54) is 96.3 Å². The zero-order valence-corrected chi connectivity index (χ0v) is 48.8. The number of hydrogen-bond donors (Lipinski definition) is 0. The number of esters is 3. The van der Waals surface area contributed by atoms with Gasteiger partial charge in [0, 0.05) is 19.3 Å². The minimum Gasteiger partial charge on any atom is -0.462 e. The summed E-state index contributed by atoms with van der Waals surface area (Å²) in [5.41, 5.74) is 0. The van der Waals surface area contributed by atoms with E-state index in [0.717, 1.165) is 141 Å². The lowest BCUT2D eigenvalue weighted by molar-refractivity contribution is -0.167. The topological polar surface area (TPSA) is 78.9 Å². The van der Waals surface area contributed by atoms with E-state index in [-0.39, 0.29) is 31.1 Å². The van der Waals surface area contributed by atoms with Gasteiger partial charge in [0.25, 0.3) is 0 Å². The predicted molar refractivity (Wildman–Crippen MR) is 325 cm³/mol. The molecule has 0 aliphatic carbocycles. The second-order valence-electron chi connectivity index (χ2n) is 20.2. The van der Waals surface area contributed by atoms with E-state index < -0.39 is 6.10 Å². The maximum atomic E-state index is 12.9. The van der Waals surface area contributed by atoms with E-state index in [9.17, 15) is 14.4 Å². The van der Waals surface area contributed by atoms with Crippen molar-refractivity contribution in [2.45, 2.75) is 284 Å². The van der Waals surface area contributed by atoms with E-state index in [0.29, 0.717) is 19.3 Å². The van der Waals surface area contributed by atoms with Gasteiger partial charge in [-0.3, -0.25) is 14.4 Å². The molecule has 0 saturated heterocycles. The lowest BCUT2D eigenvalue weighted by Crippen LogP contribution is -2.30. The van der Waals surface area contributed by atoms with Crippen LogP contribution in [0.4, 0.5) is 0 Å². The molecule has 6 heteroatoms. The van der Waals surface area contributed by atoms with Crippen LogP contribution >= 0.6 is 0 Å². The first-order valence-electron chi connectivity index (χ1n) is 31.0. The molecule has 0 rings (SSSR count). The molecule has 0 aliphatic rings. The monoisotopic (exact) mass is 1040 g/mol. The summed E-state index contributed by atoms with van der Waals surface area (Å²) in [7, 11) is 0. The minimum atomic E-state index is -0.797. The molecule has 1 atom stereocenters. The number of rotatable bonds is 55. The molecular weight excluding hydrogens is 925 g/mol. The summed E-state index contributed by atoms with van der Waals surface area (Å²) in [6.07, 6.45) is 86.2. The number of carbonyl (C=O) groups excluding carboxylic acids is 3. The van der Waals surface area contributed by atoms with Gasteiger partial charge in [-0.05, 0) is 128 Å². The van der Waals surface area contributed by atoms with Crippen LogP contribution in [0, 0.1) is 0 Å². The van der Waals surface area contributed by atoms with E-state index >= 15 is 0 Å². The molecule has 0 aliphatic heterocycles. The van der Waals surface area contributed by atoms with Crippen molar-refractivity contribution in [3.63, 3.8) is 0 Å². The maximum Gasteiger partial charge on any atom is 0.306 e. The molecule has 0 bridgehead atoms. The third-order valence-corrected chi connectivity index (χ3v) is 12.9. The van der Waals surface area contributed by atoms with Gasteiger partial charge in [-0.2, -0.15) is 0 Å². The molecule has 0 heterocycles. The van der Waals surface area contributed by atoms with E-state index in [4.69, 9.17) is 14.2 Å². The Hall–Kier alpha value is -4.19. The Morgan fingerprint density at radius 2 is 0.533 bits per heavy atom. The molecule has 0 spiro atoms. The minimum absolute atomic E-state index is 0.0931. The molecule has 0 aromatic carbocycles. The van der Waals surface area contributed by atoms with Crippen molar-refractivity contribution in [1.82, 2.24) is 0 Å².